The molecule has 0 unspecified atom stereocenters. The van der Waals surface area contributed by atoms with Crippen molar-refractivity contribution in [3.8, 4) is 23.1 Å². The van der Waals surface area contributed by atoms with Gasteiger partial charge in [0, 0.05) is 24.0 Å². The molecule has 0 saturated carbocycles. The summed E-state index contributed by atoms with van der Waals surface area (Å²) in [5.74, 6) is 1.14. The Hall–Kier alpha value is -3.09. The average molecular weight is 373 g/mol. The Kier molecular flexibility index (Phi) is 6.76. The smallest absolute Gasteiger partial charge is 0.216 e. The lowest BCUT2D eigenvalue weighted by Crippen LogP contribution is -2.08. The van der Waals surface area contributed by atoms with E-state index in [1.54, 1.807) is 24.3 Å². The molecule has 0 N–H and O–H groups in total. The van der Waals surface area contributed by atoms with Gasteiger partial charge in [-0.05, 0) is 25.1 Å². The number of ether oxygens (including phenoxy) is 4. The number of pyridine rings is 1. The first kappa shape index (κ1) is 20.2. The van der Waals surface area contributed by atoms with Crippen molar-refractivity contribution in [3.05, 3.63) is 41.1 Å². The molecule has 0 spiro atoms. The molecule has 2 aromatic rings. The highest BCUT2D eigenvalue weighted by Gasteiger charge is 2.18. The van der Waals surface area contributed by atoms with E-state index in [-0.39, 0.29) is 30.1 Å². The number of aryl methyl sites for hydroxylation is 1. The number of carbonyl (C=O) groups excluding carboxylic acids is 2. The van der Waals surface area contributed by atoms with Crippen molar-refractivity contribution < 1.29 is 28.5 Å². The molecule has 7 nitrogen and oxygen atoms in total. The van der Waals surface area contributed by atoms with Gasteiger partial charge in [-0.3, -0.25) is 9.59 Å². The monoisotopic (exact) mass is 373 g/mol. The van der Waals surface area contributed by atoms with Crippen LogP contribution < -0.4 is 18.9 Å². The van der Waals surface area contributed by atoms with Crippen LogP contribution in [0.2, 0.25) is 0 Å². The van der Waals surface area contributed by atoms with Gasteiger partial charge in [0.15, 0.2) is 23.1 Å². The van der Waals surface area contributed by atoms with Crippen molar-refractivity contribution in [2.75, 3.05) is 28.4 Å². The fourth-order valence-corrected chi connectivity index (χ4v) is 2.61. The zero-order valence-corrected chi connectivity index (χ0v) is 16.1. The third-order valence-electron chi connectivity index (χ3n) is 4.10. The second-order valence-electron chi connectivity index (χ2n) is 5.78. The summed E-state index contributed by atoms with van der Waals surface area (Å²) < 4.78 is 20.9. The third kappa shape index (κ3) is 4.55. The fraction of sp³-hybridized carbons (Fsp3) is 0.350. The van der Waals surface area contributed by atoms with Crippen molar-refractivity contribution in [2.24, 2.45) is 0 Å². The number of carbonyl (C=O) groups is 2. The van der Waals surface area contributed by atoms with E-state index in [1.807, 2.05) is 6.92 Å². The molecule has 7 heteroatoms. The molecule has 144 valence electrons. The Morgan fingerprint density at radius 1 is 0.852 bits per heavy atom. The van der Waals surface area contributed by atoms with Crippen LogP contribution >= 0.6 is 0 Å². The van der Waals surface area contributed by atoms with E-state index in [9.17, 15) is 9.59 Å². The van der Waals surface area contributed by atoms with Gasteiger partial charge in [-0.15, -0.1) is 0 Å². The van der Waals surface area contributed by atoms with Crippen molar-refractivity contribution in [1.82, 2.24) is 4.98 Å². The Labute approximate surface area is 158 Å². The lowest BCUT2D eigenvalue weighted by Gasteiger charge is -2.13. The highest BCUT2D eigenvalue weighted by atomic mass is 16.5. The molecule has 1 aromatic heterocycles. The Morgan fingerprint density at radius 2 is 1.44 bits per heavy atom. The highest BCUT2D eigenvalue weighted by Crippen LogP contribution is 2.38. The number of methoxy groups -OCH3 is 4. The van der Waals surface area contributed by atoms with E-state index in [2.05, 4.69) is 4.98 Å². The molecular formula is C20H23NO6. The normalized spacial score (nSPS) is 10.3. The minimum atomic E-state index is -0.228. The van der Waals surface area contributed by atoms with Gasteiger partial charge in [-0.2, -0.15) is 0 Å². The summed E-state index contributed by atoms with van der Waals surface area (Å²) in [5, 5.41) is 0. The van der Waals surface area contributed by atoms with E-state index < -0.39 is 0 Å². The van der Waals surface area contributed by atoms with E-state index in [1.165, 1.54) is 28.4 Å². The SMILES string of the molecule is COc1cc(C(=O)CCC(=O)c2ccc(C)c(OC)n2)cc(OC)c1OC. The Bertz CT molecular complexity index is 821. The first-order valence-corrected chi connectivity index (χ1v) is 8.33. The molecule has 0 bridgehead atoms. The van der Waals surface area contributed by atoms with Gasteiger partial charge in [0.2, 0.25) is 11.6 Å². The standard InChI is InChI=1S/C20H23NO6/c1-12-6-7-14(21-20(12)27-5)16(23)9-8-15(22)13-10-17(24-2)19(26-4)18(11-13)25-3/h6-7,10-11H,8-9H2,1-5H3. The highest BCUT2D eigenvalue weighted by molar-refractivity contribution is 6.02. The van der Waals surface area contributed by atoms with Gasteiger partial charge in [0.25, 0.3) is 0 Å². The van der Waals surface area contributed by atoms with Gasteiger partial charge in [-0.1, -0.05) is 6.07 Å². The maximum Gasteiger partial charge on any atom is 0.216 e. The molecule has 0 atom stereocenters. The predicted octanol–water partition coefficient (Wildman–Crippen LogP) is 3.27. The maximum absolute atomic E-state index is 12.5. The fourth-order valence-electron chi connectivity index (χ4n) is 2.61. The summed E-state index contributed by atoms with van der Waals surface area (Å²) >= 11 is 0. The molecule has 1 aromatic carbocycles. The Morgan fingerprint density at radius 3 is 1.96 bits per heavy atom. The Balaban J connectivity index is 2.14. The van der Waals surface area contributed by atoms with Crippen molar-refractivity contribution in [1.29, 1.82) is 0 Å². The topological polar surface area (TPSA) is 84.0 Å². The van der Waals surface area contributed by atoms with Crippen molar-refractivity contribution in [3.63, 3.8) is 0 Å². The molecule has 1 heterocycles. The van der Waals surface area contributed by atoms with Crippen LogP contribution in [0.5, 0.6) is 23.1 Å². The molecule has 0 amide bonds. The summed E-state index contributed by atoms with van der Waals surface area (Å²) in [5.41, 5.74) is 1.49. The molecule has 0 aliphatic heterocycles. The van der Waals surface area contributed by atoms with Crippen molar-refractivity contribution in [2.45, 2.75) is 19.8 Å². The predicted molar refractivity (Wildman–Crippen MR) is 99.5 cm³/mol. The lowest BCUT2D eigenvalue weighted by atomic mass is 10.0. The molecule has 0 fully saturated rings. The zero-order chi connectivity index (χ0) is 20.0. The first-order valence-electron chi connectivity index (χ1n) is 8.33. The quantitative estimate of drug-likeness (QED) is 0.624. The maximum atomic E-state index is 12.5. The van der Waals surface area contributed by atoms with Gasteiger partial charge >= 0.3 is 0 Å². The molecule has 27 heavy (non-hydrogen) atoms. The average Bonchev–Trinajstić information content (AvgIpc) is 2.70. The summed E-state index contributed by atoms with van der Waals surface area (Å²) in [7, 11) is 5.94. The van der Waals surface area contributed by atoms with Crippen LogP contribution in [-0.2, 0) is 0 Å². The molecule has 0 aliphatic carbocycles. The zero-order valence-electron chi connectivity index (χ0n) is 16.1. The van der Waals surface area contributed by atoms with E-state index >= 15 is 0 Å². The number of aromatic nitrogens is 1. The molecule has 2 rings (SSSR count). The minimum absolute atomic E-state index is 0.0364. The molecular weight excluding hydrogens is 350 g/mol. The summed E-state index contributed by atoms with van der Waals surface area (Å²) in [6.45, 7) is 1.84. The van der Waals surface area contributed by atoms with Crippen LogP contribution in [0.4, 0.5) is 0 Å². The van der Waals surface area contributed by atoms with E-state index in [4.69, 9.17) is 18.9 Å². The largest absolute Gasteiger partial charge is 0.493 e. The van der Waals surface area contributed by atoms with Crippen LogP contribution in [0, 0.1) is 6.92 Å². The van der Waals surface area contributed by atoms with E-state index in [0.717, 1.165) is 5.56 Å². The number of hydrogen-bond acceptors (Lipinski definition) is 7. The first-order chi connectivity index (χ1) is 12.9. The summed E-state index contributed by atoms with van der Waals surface area (Å²) in [6, 6.07) is 6.53. The number of benzene rings is 1. The number of ketones is 2. The number of hydrogen-bond donors (Lipinski definition) is 0. The van der Waals surface area contributed by atoms with E-state index in [0.29, 0.717) is 28.7 Å². The van der Waals surface area contributed by atoms with Crippen molar-refractivity contribution >= 4 is 11.6 Å². The minimum Gasteiger partial charge on any atom is -0.493 e. The van der Waals surface area contributed by atoms with Gasteiger partial charge in [-0.25, -0.2) is 4.98 Å². The number of Topliss-reactive ketones (excluding diaryl/α,β-unsaturated/α-hetero) is 2. The van der Waals surface area contributed by atoms with Crippen LogP contribution in [0.3, 0.4) is 0 Å². The number of nitrogens with zero attached hydrogens (tertiary/aromatic N) is 1. The van der Waals surface area contributed by atoms with Crippen LogP contribution in [0.1, 0.15) is 39.3 Å². The second-order valence-corrected chi connectivity index (χ2v) is 5.78. The van der Waals surface area contributed by atoms with Gasteiger partial charge in [0.05, 0.1) is 28.4 Å². The van der Waals surface area contributed by atoms with Crippen LogP contribution in [0.15, 0.2) is 24.3 Å². The van der Waals surface area contributed by atoms with Gasteiger partial charge in [0.1, 0.15) is 5.69 Å². The van der Waals surface area contributed by atoms with Crippen LogP contribution in [0.25, 0.3) is 0 Å². The van der Waals surface area contributed by atoms with Crippen LogP contribution in [-0.4, -0.2) is 45.0 Å². The summed E-state index contributed by atoms with van der Waals surface area (Å²) in [6.07, 6.45) is 0.0735. The third-order valence-corrected chi connectivity index (χ3v) is 4.10. The van der Waals surface area contributed by atoms with Gasteiger partial charge < -0.3 is 18.9 Å². The molecule has 0 aliphatic rings. The molecule has 0 radical (unpaired) electrons. The lowest BCUT2D eigenvalue weighted by molar-refractivity contribution is 0.0914. The molecule has 0 saturated heterocycles. The second kappa shape index (κ2) is 9.02. The summed E-state index contributed by atoms with van der Waals surface area (Å²) in [4.78, 5) is 29.1. The number of rotatable bonds is 9.